The maximum atomic E-state index is 14.1. The Morgan fingerprint density at radius 1 is 0.974 bits per heavy atom. The number of nitrogens with one attached hydrogen (secondary N) is 1. The molecule has 1 atom stereocenters. The molecule has 0 unspecified atom stereocenters. The predicted octanol–water partition coefficient (Wildman–Crippen LogP) is 6.37. The molecule has 190 valence electrons. The van der Waals surface area contributed by atoms with Gasteiger partial charge in [0.2, 0.25) is 0 Å². The topological polar surface area (TPSA) is 64.3 Å². The van der Waals surface area contributed by atoms with Gasteiger partial charge in [-0.05, 0) is 48.4 Å². The van der Waals surface area contributed by atoms with Crippen molar-refractivity contribution in [2.75, 3.05) is 12.4 Å². The van der Waals surface area contributed by atoms with Crippen LogP contribution in [-0.4, -0.2) is 32.4 Å². The predicted molar refractivity (Wildman–Crippen MR) is 148 cm³/mol. The van der Waals surface area contributed by atoms with Gasteiger partial charge in [0.05, 0.1) is 36.8 Å². The molecule has 0 saturated heterocycles. The zero-order valence-corrected chi connectivity index (χ0v) is 21.4. The third kappa shape index (κ3) is 4.12. The average molecular weight is 504 g/mol. The Hall–Kier alpha value is -4.78. The molecule has 2 amide bonds. The third-order valence-electron chi connectivity index (χ3n) is 7.00. The number of ether oxygens (including phenoxy) is 1. The second-order valence-electron chi connectivity index (χ2n) is 9.26. The van der Waals surface area contributed by atoms with Crippen LogP contribution in [0.4, 0.5) is 10.5 Å². The summed E-state index contributed by atoms with van der Waals surface area (Å²) in [4.78, 5) is 16.0. The number of fused-ring (bicyclic) bond motifs is 3. The van der Waals surface area contributed by atoms with Crippen molar-refractivity contribution < 1.29 is 9.53 Å². The van der Waals surface area contributed by atoms with Crippen molar-refractivity contribution in [2.24, 2.45) is 0 Å². The van der Waals surface area contributed by atoms with E-state index in [0.717, 1.165) is 40.4 Å². The van der Waals surface area contributed by atoms with Gasteiger partial charge in [-0.3, -0.25) is 0 Å². The molecule has 1 N–H and O–H groups in total. The van der Waals surface area contributed by atoms with Gasteiger partial charge in [-0.15, -0.1) is 0 Å². The molecule has 3 heterocycles. The highest BCUT2D eigenvalue weighted by Gasteiger charge is 2.36. The SMILES string of the molecule is CCc1nn(-c2ccccc2)c2c1CN(C(=O)Nc1cccc(OC)c1)[C@@H](c1ccccc1)c1cccn1-2. The van der Waals surface area contributed by atoms with E-state index in [1.54, 1.807) is 7.11 Å². The molecule has 2 aromatic heterocycles. The summed E-state index contributed by atoms with van der Waals surface area (Å²) >= 11 is 0. The molecule has 38 heavy (non-hydrogen) atoms. The lowest BCUT2D eigenvalue weighted by molar-refractivity contribution is 0.194. The fraction of sp³-hybridized carbons (Fsp3) is 0.161. The zero-order chi connectivity index (χ0) is 26.1. The van der Waals surface area contributed by atoms with Gasteiger partial charge in [0, 0.05) is 23.5 Å². The number of carbonyl (C=O) groups excluding carboxylic acids is 1. The van der Waals surface area contributed by atoms with Crippen molar-refractivity contribution >= 4 is 11.7 Å². The number of rotatable bonds is 5. The summed E-state index contributed by atoms with van der Waals surface area (Å²) in [7, 11) is 1.62. The minimum absolute atomic E-state index is 0.192. The van der Waals surface area contributed by atoms with E-state index in [1.165, 1.54) is 0 Å². The van der Waals surface area contributed by atoms with Crippen molar-refractivity contribution in [3.63, 3.8) is 0 Å². The molecule has 1 aliphatic rings. The number of nitrogens with zero attached hydrogens (tertiary/aromatic N) is 4. The Bertz CT molecular complexity index is 1570. The Morgan fingerprint density at radius 3 is 2.47 bits per heavy atom. The number of hydrogen-bond acceptors (Lipinski definition) is 3. The molecule has 0 spiro atoms. The summed E-state index contributed by atoms with van der Waals surface area (Å²) in [6.07, 6.45) is 2.81. The number of carbonyl (C=O) groups is 1. The first-order valence-corrected chi connectivity index (χ1v) is 12.8. The number of aromatic nitrogens is 3. The van der Waals surface area contributed by atoms with Crippen LogP contribution in [-0.2, 0) is 13.0 Å². The van der Waals surface area contributed by atoms with Gasteiger partial charge in [0.15, 0.2) is 0 Å². The molecule has 7 heteroatoms. The Morgan fingerprint density at radius 2 is 1.74 bits per heavy atom. The Balaban J connectivity index is 1.53. The minimum Gasteiger partial charge on any atom is -0.497 e. The lowest BCUT2D eigenvalue weighted by Gasteiger charge is -2.31. The third-order valence-corrected chi connectivity index (χ3v) is 7.00. The maximum Gasteiger partial charge on any atom is 0.322 e. The molecular weight excluding hydrogens is 474 g/mol. The van der Waals surface area contributed by atoms with Crippen molar-refractivity contribution in [1.29, 1.82) is 0 Å². The zero-order valence-electron chi connectivity index (χ0n) is 21.4. The largest absolute Gasteiger partial charge is 0.497 e. The first kappa shape index (κ1) is 23.6. The van der Waals surface area contributed by atoms with Gasteiger partial charge in [-0.1, -0.05) is 61.5 Å². The number of aryl methyl sites for hydroxylation is 1. The quantitative estimate of drug-likeness (QED) is 0.303. The van der Waals surface area contributed by atoms with Gasteiger partial charge < -0.3 is 19.5 Å². The molecule has 0 fully saturated rings. The van der Waals surface area contributed by atoms with E-state index in [4.69, 9.17) is 9.84 Å². The Kier molecular flexibility index (Phi) is 6.17. The van der Waals surface area contributed by atoms with Crippen LogP contribution in [0.3, 0.4) is 0 Å². The molecule has 5 aromatic rings. The molecule has 0 saturated carbocycles. The Labute approximate surface area is 221 Å². The molecule has 7 nitrogen and oxygen atoms in total. The number of methoxy groups -OCH3 is 1. The lowest BCUT2D eigenvalue weighted by atomic mass is 10.0. The molecular formula is C31H29N5O2. The average Bonchev–Trinajstić information content (AvgIpc) is 3.55. The second-order valence-corrected chi connectivity index (χ2v) is 9.26. The van der Waals surface area contributed by atoms with E-state index in [9.17, 15) is 4.79 Å². The fourth-order valence-corrected chi connectivity index (χ4v) is 5.23. The highest BCUT2D eigenvalue weighted by molar-refractivity contribution is 5.90. The van der Waals surface area contributed by atoms with Crippen LogP contribution in [0.2, 0.25) is 0 Å². The number of amides is 2. The molecule has 0 bridgehead atoms. The molecule has 0 radical (unpaired) electrons. The molecule has 0 aliphatic carbocycles. The number of hydrogen-bond donors (Lipinski definition) is 1. The second kappa shape index (κ2) is 9.94. The normalized spacial score (nSPS) is 14.4. The monoisotopic (exact) mass is 503 g/mol. The number of urea groups is 1. The summed E-state index contributed by atoms with van der Waals surface area (Å²) in [6.45, 7) is 2.51. The van der Waals surface area contributed by atoms with Gasteiger partial charge >= 0.3 is 6.03 Å². The van der Waals surface area contributed by atoms with Crippen LogP contribution in [0.15, 0.2) is 103 Å². The van der Waals surface area contributed by atoms with Gasteiger partial charge in [-0.25, -0.2) is 9.48 Å². The van der Waals surface area contributed by atoms with E-state index in [0.29, 0.717) is 18.0 Å². The summed E-state index contributed by atoms with van der Waals surface area (Å²) < 4.78 is 9.56. The molecule has 6 rings (SSSR count). The van der Waals surface area contributed by atoms with E-state index in [2.05, 4.69) is 53.3 Å². The van der Waals surface area contributed by atoms with Crippen LogP contribution >= 0.6 is 0 Å². The summed E-state index contributed by atoms with van der Waals surface area (Å²) in [6, 6.07) is 31.4. The smallest absolute Gasteiger partial charge is 0.322 e. The van der Waals surface area contributed by atoms with Crippen molar-refractivity contribution in [3.05, 3.63) is 126 Å². The van der Waals surface area contributed by atoms with Gasteiger partial charge in [0.1, 0.15) is 11.6 Å². The van der Waals surface area contributed by atoms with E-state index >= 15 is 0 Å². The molecule has 1 aliphatic heterocycles. The van der Waals surface area contributed by atoms with Gasteiger partial charge in [-0.2, -0.15) is 5.10 Å². The number of anilines is 1. The minimum atomic E-state index is -0.307. The van der Waals surface area contributed by atoms with E-state index in [1.807, 2.05) is 76.3 Å². The highest BCUT2D eigenvalue weighted by atomic mass is 16.5. The fourth-order valence-electron chi connectivity index (χ4n) is 5.23. The van der Waals surface area contributed by atoms with E-state index in [-0.39, 0.29) is 12.1 Å². The standard InChI is InChI=1S/C31H29N5O2/c1-3-27-26-21-35(31(37)32-23-14-10-17-25(20-23)38-2)29(22-12-6-4-7-13-22)28-18-11-19-34(28)30(26)36(33-27)24-15-8-5-9-16-24/h4-20,29H,3,21H2,1-2H3,(H,32,37)/t29-/m0/s1. The molecule has 3 aromatic carbocycles. The van der Waals surface area contributed by atoms with Crippen LogP contribution < -0.4 is 10.1 Å². The summed E-state index contributed by atoms with van der Waals surface area (Å²) in [5.41, 5.74) is 5.70. The van der Waals surface area contributed by atoms with Crippen molar-refractivity contribution in [3.8, 4) is 17.3 Å². The number of benzene rings is 3. The van der Waals surface area contributed by atoms with Gasteiger partial charge in [0.25, 0.3) is 0 Å². The van der Waals surface area contributed by atoms with Crippen molar-refractivity contribution in [2.45, 2.75) is 25.9 Å². The first-order valence-electron chi connectivity index (χ1n) is 12.8. The van der Waals surface area contributed by atoms with E-state index < -0.39 is 0 Å². The van der Waals surface area contributed by atoms with Crippen LogP contribution in [0.1, 0.15) is 35.5 Å². The summed E-state index contributed by atoms with van der Waals surface area (Å²) in [5, 5.41) is 8.13. The maximum absolute atomic E-state index is 14.1. The lowest BCUT2D eigenvalue weighted by Crippen LogP contribution is -2.38. The van der Waals surface area contributed by atoms with Crippen LogP contribution in [0.5, 0.6) is 5.75 Å². The number of para-hydroxylation sites is 1. The highest BCUT2D eigenvalue weighted by Crippen LogP contribution is 2.39. The summed E-state index contributed by atoms with van der Waals surface area (Å²) in [5.74, 6) is 1.65. The van der Waals surface area contributed by atoms with Crippen LogP contribution in [0, 0.1) is 0 Å². The van der Waals surface area contributed by atoms with Crippen molar-refractivity contribution in [1.82, 2.24) is 19.2 Å². The van der Waals surface area contributed by atoms with Crippen LogP contribution in [0.25, 0.3) is 11.5 Å². The first-order chi connectivity index (χ1) is 18.7.